The summed E-state index contributed by atoms with van der Waals surface area (Å²) in [6, 6.07) is 0. The largest absolute Gasteiger partial charge is 0.380 e. The zero-order valence-electron chi connectivity index (χ0n) is 10.8. The van der Waals surface area contributed by atoms with Crippen LogP contribution in [0.3, 0.4) is 0 Å². The molecule has 4 nitrogen and oxygen atoms in total. The highest BCUT2D eigenvalue weighted by molar-refractivity contribution is 5.06. The van der Waals surface area contributed by atoms with Gasteiger partial charge in [0.05, 0.1) is 25.5 Å². The number of ether oxygens (including phenoxy) is 1. The maximum Gasteiger partial charge on any atom is 0.123 e. The predicted molar refractivity (Wildman–Crippen MR) is 65.8 cm³/mol. The first kappa shape index (κ1) is 11.2. The van der Waals surface area contributed by atoms with Crippen molar-refractivity contribution in [1.82, 2.24) is 14.5 Å². The van der Waals surface area contributed by atoms with E-state index in [0.717, 1.165) is 45.8 Å². The highest BCUT2D eigenvalue weighted by Crippen LogP contribution is 2.28. The summed E-state index contributed by atoms with van der Waals surface area (Å²) in [6.07, 6.45) is 3.24. The SMILES string of the molecule is CCc1cn2c(n1)CN(CC1(C)COC1)CC2. The van der Waals surface area contributed by atoms with Crippen molar-refractivity contribution in [3.8, 4) is 0 Å². The van der Waals surface area contributed by atoms with E-state index in [0.29, 0.717) is 5.41 Å². The van der Waals surface area contributed by atoms with E-state index < -0.39 is 0 Å². The Kier molecular flexibility index (Phi) is 2.71. The fraction of sp³-hybridized carbons (Fsp3) is 0.769. The lowest BCUT2D eigenvalue weighted by molar-refractivity contribution is -0.117. The molecule has 0 aliphatic carbocycles. The number of hydrogen-bond acceptors (Lipinski definition) is 3. The molecule has 0 unspecified atom stereocenters. The fourth-order valence-electron chi connectivity index (χ4n) is 2.75. The van der Waals surface area contributed by atoms with Gasteiger partial charge in [-0.2, -0.15) is 0 Å². The molecule has 2 aliphatic rings. The van der Waals surface area contributed by atoms with E-state index in [-0.39, 0.29) is 0 Å². The number of hydrogen-bond donors (Lipinski definition) is 0. The number of aromatic nitrogens is 2. The lowest BCUT2D eigenvalue weighted by Crippen LogP contribution is -2.50. The molecule has 4 heteroatoms. The Bertz CT molecular complexity index is 409. The first-order valence-electron chi connectivity index (χ1n) is 6.53. The van der Waals surface area contributed by atoms with E-state index in [9.17, 15) is 0 Å². The van der Waals surface area contributed by atoms with Crippen LogP contribution < -0.4 is 0 Å². The second kappa shape index (κ2) is 4.10. The zero-order chi connectivity index (χ0) is 11.9. The van der Waals surface area contributed by atoms with Gasteiger partial charge in [-0.05, 0) is 6.42 Å². The van der Waals surface area contributed by atoms with Crippen molar-refractivity contribution in [3.05, 3.63) is 17.7 Å². The van der Waals surface area contributed by atoms with Crippen molar-refractivity contribution < 1.29 is 4.74 Å². The Morgan fingerprint density at radius 1 is 1.41 bits per heavy atom. The first-order valence-corrected chi connectivity index (χ1v) is 6.53. The van der Waals surface area contributed by atoms with E-state index in [1.807, 2.05) is 0 Å². The number of aryl methyl sites for hydroxylation is 1. The van der Waals surface area contributed by atoms with Crippen LogP contribution in [0.2, 0.25) is 0 Å². The van der Waals surface area contributed by atoms with Crippen molar-refractivity contribution in [2.24, 2.45) is 5.41 Å². The van der Waals surface area contributed by atoms with Crippen LogP contribution in [-0.2, 0) is 24.2 Å². The minimum Gasteiger partial charge on any atom is -0.380 e. The smallest absolute Gasteiger partial charge is 0.123 e. The summed E-state index contributed by atoms with van der Waals surface area (Å²) < 4.78 is 7.64. The normalized spacial score (nSPS) is 23.2. The van der Waals surface area contributed by atoms with Crippen LogP contribution in [0.15, 0.2) is 6.20 Å². The molecule has 94 valence electrons. The highest BCUT2D eigenvalue weighted by Gasteiger charge is 2.36. The van der Waals surface area contributed by atoms with E-state index in [2.05, 4.69) is 34.5 Å². The maximum atomic E-state index is 5.32. The van der Waals surface area contributed by atoms with Crippen molar-refractivity contribution >= 4 is 0 Å². The summed E-state index contributed by atoms with van der Waals surface area (Å²) in [6.45, 7) is 10.7. The number of rotatable bonds is 3. The van der Waals surface area contributed by atoms with Gasteiger partial charge < -0.3 is 9.30 Å². The van der Waals surface area contributed by atoms with Gasteiger partial charge >= 0.3 is 0 Å². The van der Waals surface area contributed by atoms with Crippen molar-refractivity contribution in [3.63, 3.8) is 0 Å². The third-order valence-electron chi connectivity index (χ3n) is 3.80. The van der Waals surface area contributed by atoms with Crippen molar-refractivity contribution in [2.75, 3.05) is 26.3 Å². The molecule has 1 aromatic rings. The molecule has 1 aromatic heterocycles. The summed E-state index contributed by atoms with van der Waals surface area (Å²) in [5.41, 5.74) is 1.60. The Labute approximate surface area is 103 Å². The van der Waals surface area contributed by atoms with Gasteiger partial charge in [-0.25, -0.2) is 4.98 Å². The maximum absolute atomic E-state index is 5.32. The second-order valence-corrected chi connectivity index (χ2v) is 5.71. The quantitative estimate of drug-likeness (QED) is 0.791. The van der Waals surface area contributed by atoms with Crippen LogP contribution in [0.1, 0.15) is 25.4 Å². The van der Waals surface area contributed by atoms with Crippen LogP contribution in [0.4, 0.5) is 0 Å². The molecule has 17 heavy (non-hydrogen) atoms. The molecule has 1 fully saturated rings. The fourth-order valence-corrected chi connectivity index (χ4v) is 2.75. The molecule has 0 atom stereocenters. The van der Waals surface area contributed by atoms with E-state index >= 15 is 0 Å². The summed E-state index contributed by atoms with van der Waals surface area (Å²) in [5.74, 6) is 1.23. The van der Waals surface area contributed by atoms with Crippen LogP contribution in [0, 0.1) is 5.41 Å². The van der Waals surface area contributed by atoms with Crippen LogP contribution in [0.25, 0.3) is 0 Å². The summed E-state index contributed by atoms with van der Waals surface area (Å²) in [7, 11) is 0. The average Bonchev–Trinajstić information content (AvgIpc) is 2.69. The molecule has 0 radical (unpaired) electrons. The molecule has 0 aromatic carbocycles. The summed E-state index contributed by atoms with van der Waals surface area (Å²) in [4.78, 5) is 7.20. The lowest BCUT2D eigenvalue weighted by atomic mass is 9.88. The predicted octanol–water partition coefficient (Wildman–Crippen LogP) is 1.30. The Morgan fingerprint density at radius 2 is 2.24 bits per heavy atom. The van der Waals surface area contributed by atoms with Gasteiger partial charge in [0.25, 0.3) is 0 Å². The monoisotopic (exact) mass is 235 g/mol. The average molecular weight is 235 g/mol. The molecule has 0 saturated carbocycles. The summed E-state index contributed by atoms with van der Waals surface area (Å²) in [5, 5.41) is 0. The standard InChI is InChI=1S/C13H21N3O/c1-3-11-6-16-5-4-15(7-12(16)14-11)8-13(2)9-17-10-13/h6H,3-5,7-10H2,1-2H3. The van der Waals surface area contributed by atoms with Crippen LogP contribution >= 0.6 is 0 Å². The summed E-state index contributed by atoms with van der Waals surface area (Å²) >= 11 is 0. The Hall–Kier alpha value is -0.870. The van der Waals surface area contributed by atoms with Gasteiger partial charge in [-0.1, -0.05) is 13.8 Å². The van der Waals surface area contributed by atoms with Gasteiger partial charge in [0, 0.05) is 31.2 Å². The molecular formula is C13H21N3O. The topological polar surface area (TPSA) is 30.3 Å². The van der Waals surface area contributed by atoms with Crippen LogP contribution in [-0.4, -0.2) is 40.8 Å². The number of fused-ring (bicyclic) bond motifs is 1. The van der Waals surface area contributed by atoms with E-state index in [1.54, 1.807) is 0 Å². The van der Waals surface area contributed by atoms with Crippen LogP contribution in [0.5, 0.6) is 0 Å². The molecule has 0 spiro atoms. The molecular weight excluding hydrogens is 214 g/mol. The van der Waals surface area contributed by atoms with E-state index in [1.165, 1.54) is 11.5 Å². The van der Waals surface area contributed by atoms with E-state index in [4.69, 9.17) is 4.74 Å². The highest BCUT2D eigenvalue weighted by atomic mass is 16.5. The molecule has 0 amide bonds. The zero-order valence-corrected chi connectivity index (χ0v) is 10.8. The molecule has 3 rings (SSSR count). The second-order valence-electron chi connectivity index (χ2n) is 5.71. The van der Waals surface area contributed by atoms with Crippen molar-refractivity contribution in [2.45, 2.75) is 33.4 Å². The van der Waals surface area contributed by atoms with Gasteiger partial charge in [-0.15, -0.1) is 0 Å². The minimum absolute atomic E-state index is 0.377. The third kappa shape index (κ3) is 2.11. The third-order valence-corrected chi connectivity index (χ3v) is 3.80. The molecule has 0 N–H and O–H groups in total. The van der Waals surface area contributed by atoms with Gasteiger partial charge in [0.1, 0.15) is 5.82 Å². The molecule has 3 heterocycles. The molecule has 2 aliphatic heterocycles. The Balaban J connectivity index is 1.67. The minimum atomic E-state index is 0.377. The van der Waals surface area contributed by atoms with Gasteiger partial charge in [0.2, 0.25) is 0 Å². The van der Waals surface area contributed by atoms with Gasteiger partial charge in [-0.3, -0.25) is 4.90 Å². The van der Waals surface area contributed by atoms with Crippen molar-refractivity contribution in [1.29, 1.82) is 0 Å². The molecule has 0 bridgehead atoms. The number of imidazole rings is 1. The van der Waals surface area contributed by atoms with Gasteiger partial charge in [0.15, 0.2) is 0 Å². The lowest BCUT2D eigenvalue weighted by Gasteiger charge is -2.42. The first-order chi connectivity index (χ1) is 8.18. The molecule has 1 saturated heterocycles. The number of nitrogens with zero attached hydrogens (tertiary/aromatic N) is 3. The Morgan fingerprint density at radius 3 is 2.88 bits per heavy atom.